The van der Waals surface area contributed by atoms with Crippen molar-refractivity contribution in [2.24, 2.45) is 11.8 Å². The fourth-order valence-corrected chi connectivity index (χ4v) is 3.43. The van der Waals surface area contributed by atoms with Gasteiger partial charge >= 0.3 is 5.97 Å². The van der Waals surface area contributed by atoms with Gasteiger partial charge in [0.1, 0.15) is 6.54 Å². The minimum Gasteiger partial charge on any atom is -0.480 e. The van der Waals surface area contributed by atoms with Crippen LogP contribution in [0.4, 0.5) is 0 Å². The van der Waals surface area contributed by atoms with E-state index >= 15 is 0 Å². The Kier molecular flexibility index (Phi) is 5.39. The second kappa shape index (κ2) is 6.95. The molecule has 0 unspecified atom stereocenters. The zero-order valence-corrected chi connectivity index (χ0v) is 14.3. The van der Waals surface area contributed by atoms with Gasteiger partial charge in [-0.3, -0.25) is 9.59 Å². The van der Waals surface area contributed by atoms with Crippen LogP contribution in [-0.4, -0.2) is 50.5 Å². The van der Waals surface area contributed by atoms with Gasteiger partial charge in [0.05, 0.1) is 18.1 Å². The number of hydrogen-bond acceptors (Lipinski definition) is 4. The van der Waals surface area contributed by atoms with Crippen LogP contribution in [-0.2, 0) is 9.59 Å². The molecule has 0 aromatic heterocycles. The topological polar surface area (TPSA) is 77.8 Å². The molecule has 5 nitrogen and oxygen atoms in total. The highest BCUT2D eigenvalue weighted by Crippen LogP contribution is 2.36. The van der Waals surface area contributed by atoms with Crippen molar-refractivity contribution < 1.29 is 19.8 Å². The number of aliphatic hydroxyl groups is 1. The van der Waals surface area contributed by atoms with E-state index in [9.17, 15) is 14.7 Å². The van der Waals surface area contributed by atoms with Crippen molar-refractivity contribution >= 4 is 40.6 Å². The summed E-state index contributed by atoms with van der Waals surface area (Å²) >= 11 is 11.4. The molecule has 1 heterocycles. The molecule has 4 atom stereocenters. The van der Waals surface area contributed by atoms with Crippen molar-refractivity contribution in [2.45, 2.75) is 26.0 Å². The monoisotopic (exact) mass is 355 g/mol. The number of thiocarbonyl (C=S) groups is 1. The van der Waals surface area contributed by atoms with Crippen LogP contribution in [0.3, 0.4) is 0 Å². The first-order valence-corrected chi connectivity index (χ1v) is 8.02. The molecule has 124 valence electrons. The Hall–Kier alpha value is -1.50. The van der Waals surface area contributed by atoms with Gasteiger partial charge in [0.2, 0.25) is 5.91 Å². The minimum atomic E-state index is -1.09. The molecule has 2 rings (SSSR count). The van der Waals surface area contributed by atoms with Crippen molar-refractivity contribution in [3.8, 4) is 0 Å². The molecule has 1 amide bonds. The Morgan fingerprint density at radius 3 is 2.39 bits per heavy atom. The molecule has 0 radical (unpaired) electrons. The van der Waals surface area contributed by atoms with Crippen LogP contribution in [0.15, 0.2) is 24.3 Å². The van der Waals surface area contributed by atoms with Gasteiger partial charge in [-0.2, -0.15) is 0 Å². The highest BCUT2D eigenvalue weighted by Gasteiger charge is 2.53. The fraction of sp³-hybridized carbons (Fsp3) is 0.438. The number of β-lactam (4-membered cyclic amide) rings is 1. The summed E-state index contributed by atoms with van der Waals surface area (Å²) in [4.78, 5) is 24.9. The number of hydrogen-bond donors (Lipinski definition) is 2. The number of carboxylic acid groups (broad SMARTS) is 1. The van der Waals surface area contributed by atoms with Gasteiger partial charge < -0.3 is 15.1 Å². The number of rotatable bonds is 6. The minimum absolute atomic E-state index is 0.261. The quantitative estimate of drug-likeness (QED) is 0.463. The van der Waals surface area contributed by atoms with E-state index in [0.717, 1.165) is 5.56 Å². The van der Waals surface area contributed by atoms with E-state index in [1.165, 1.54) is 11.8 Å². The van der Waals surface area contributed by atoms with Gasteiger partial charge in [-0.25, -0.2) is 0 Å². The first kappa shape index (κ1) is 17.8. The van der Waals surface area contributed by atoms with Crippen LogP contribution in [0.1, 0.15) is 19.4 Å². The molecule has 1 aromatic rings. The van der Waals surface area contributed by atoms with Crippen LogP contribution in [0.25, 0.3) is 0 Å². The first-order chi connectivity index (χ1) is 10.7. The molecule has 1 aliphatic heterocycles. The van der Waals surface area contributed by atoms with Gasteiger partial charge in [0.15, 0.2) is 0 Å². The molecule has 0 saturated carbocycles. The van der Waals surface area contributed by atoms with E-state index in [-0.39, 0.29) is 18.4 Å². The summed E-state index contributed by atoms with van der Waals surface area (Å²) in [6.45, 7) is 2.99. The maximum Gasteiger partial charge on any atom is 0.323 e. The van der Waals surface area contributed by atoms with Crippen LogP contribution in [0, 0.1) is 11.8 Å². The Bertz CT molecular complexity index is 631. The third kappa shape index (κ3) is 3.54. The number of nitrogens with zero attached hydrogens (tertiary/aromatic N) is 1. The van der Waals surface area contributed by atoms with E-state index < -0.39 is 24.0 Å². The van der Waals surface area contributed by atoms with Gasteiger partial charge in [0, 0.05) is 15.8 Å². The van der Waals surface area contributed by atoms with E-state index in [4.69, 9.17) is 28.9 Å². The maximum atomic E-state index is 12.1. The fourth-order valence-electron chi connectivity index (χ4n) is 3.03. The van der Waals surface area contributed by atoms with Gasteiger partial charge in [0.25, 0.3) is 0 Å². The Morgan fingerprint density at radius 2 is 1.91 bits per heavy atom. The van der Waals surface area contributed by atoms with Crippen molar-refractivity contribution in [1.29, 1.82) is 0 Å². The summed E-state index contributed by atoms with van der Waals surface area (Å²) in [5.41, 5.74) is 0.802. The number of aliphatic carboxylic acids is 1. The number of benzene rings is 1. The number of likely N-dealkylation sites (tertiary alicyclic amines) is 1. The second-order valence-electron chi connectivity index (χ2n) is 5.78. The smallest absolute Gasteiger partial charge is 0.323 e. The van der Waals surface area contributed by atoms with Crippen LogP contribution < -0.4 is 0 Å². The number of aliphatic hydroxyl groups excluding tert-OH is 1. The Morgan fingerprint density at radius 1 is 1.35 bits per heavy atom. The predicted molar refractivity (Wildman–Crippen MR) is 90.6 cm³/mol. The Balaban J connectivity index is 2.24. The summed E-state index contributed by atoms with van der Waals surface area (Å²) in [6, 6.07) is 6.61. The van der Waals surface area contributed by atoms with Crippen LogP contribution >= 0.6 is 23.8 Å². The molecule has 23 heavy (non-hydrogen) atoms. The summed E-state index contributed by atoms with van der Waals surface area (Å²) in [5.74, 6) is -2.33. The third-order valence-electron chi connectivity index (χ3n) is 4.18. The standard InChI is InChI=1S/C16H18ClNO4S/c1-8(15(23)10-3-5-11(17)6-4-10)14-13(9(2)19)16(22)18(14)7-12(20)21/h3-6,8-9,13-14,19H,7H2,1-2H3,(H,20,21)/t8-,9-,13-,14-/m1/s1. The van der Waals surface area contributed by atoms with E-state index in [0.29, 0.717) is 9.89 Å². The van der Waals surface area contributed by atoms with Crippen molar-refractivity contribution in [3.63, 3.8) is 0 Å². The molecule has 1 saturated heterocycles. The second-order valence-corrected chi connectivity index (χ2v) is 6.65. The third-order valence-corrected chi connectivity index (χ3v) is 5.04. The molecular formula is C16H18ClNO4S. The summed E-state index contributed by atoms with van der Waals surface area (Å²) < 4.78 is 0. The molecule has 1 fully saturated rings. The van der Waals surface area contributed by atoms with Gasteiger partial charge in [-0.1, -0.05) is 42.9 Å². The van der Waals surface area contributed by atoms with E-state index in [1.54, 1.807) is 24.3 Å². The molecular weight excluding hydrogens is 338 g/mol. The predicted octanol–water partition coefficient (Wildman–Crippen LogP) is 1.99. The van der Waals surface area contributed by atoms with Gasteiger partial charge in [-0.15, -0.1) is 0 Å². The molecule has 7 heteroatoms. The largest absolute Gasteiger partial charge is 0.480 e. The normalized spacial score (nSPS) is 23.1. The molecule has 1 aromatic carbocycles. The number of carboxylic acids is 1. The van der Waals surface area contributed by atoms with Gasteiger partial charge in [-0.05, 0) is 24.6 Å². The molecule has 1 aliphatic rings. The first-order valence-electron chi connectivity index (χ1n) is 7.24. The molecule has 0 aliphatic carbocycles. The summed E-state index contributed by atoms with van der Waals surface area (Å²) in [6.07, 6.45) is -0.854. The number of carbonyl (C=O) groups excluding carboxylic acids is 1. The Labute approximate surface area is 144 Å². The van der Waals surface area contributed by atoms with Crippen molar-refractivity contribution in [3.05, 3.63) is 34.9 Å². The average Bonchev–Trinajstić information content (AvgIpc) is 2.48. The lowest BCUT2D eigenvalue weighted by molar-refractivity contribution is -0.171. The van der Waals surface area contributed by atoms with Crippen LogP contribution in [0.2, 0.25) is 5.02 Å². The SMILES string of the molecule is C[C@@H](O)[C@H]1C(=O)N(CC(=O)O)[C@@H]1[C@@H](C)C(=S)c1ccc(Cl)cc1. The lowest BCUT2D eigenvalue weighted by Gasteiger charge is -2.50. The number of carbonyl (C=O) groups is 2. The highest BCUT2D eigenvalue weighted by atomic mass is 35.5. The molecule has 0 bridgehead atoms. The number of halogens is 1. The molecule has 2 N–H and O–H groups in total. The lowest BCUT2D eigenvalue weighted by atomic mass is 9.74. The van der Waals surface area contributed by atoms with Crippen molar-refractivity contribution in [1.82, 2.24) is 4.90 Å². The maximum absolute atomic E-state index is 12.1. The average molecular weight is 356 g/mol. The summed E-state index contributed by atoms with van der Waals surface area (Å²) in [5, 5.41) is 19.4. The van der Waals surface area contributed by atoms with E-state index in [2.05, 4.69) is 0 Å². The number of amides is 1. The summed E-state index contributed by atoms with van der Waals surface area (Å²) in [7, 11) is 0. The lowest BCUT2D eigenvalue weighted by Crippen LogP contribution is -2.68. The zero-order chi connectivity index (χ0) is 17.3. The van der Waals surface area contributed by atoms with Crippen LogP contribution in [0.5, 0.6) is 0 Å². The van der Waals surface area contributed by atoms with E-state index in [1.807, 2.05) is 6.92 Å². The van der Waals surface area contributed by atoms with Crippen molar-refractivity contribution in [2.75, 3.05) is 6.54 Å². The molecule has 0 spiro atoms. The zero-order valence-electron chi connectivity index (χ0n) is 12.8. The highest BCUT2D eigenvalue weighted by molar-refractivity contribution is 7.80.